The van der Waals surface area contributed by atoms with Crippen LogP contribution in [0.3, 0.4) is 0 Å². The molecule has 1 N–H and O–H groups in total. The molecule has 26 heavy (non-hydrogen) atoms. The van der Waals surface area contributed by atoms with Crippen molar-refractivity contribution in [3.63, 3.8) is 0 Å². The molecule has 1 saturated heterocycles. The molecule has 2 aromatic carbocycles. The second-order valence-electron chi connectivity index (χ2n) is 6.40. The van der Waals surface area contributed by atoms with E-state index in [0.29, 0.717) is 18.0 Å². The van der Waals surface area contributed by atoms with Gasteiger partial charge in [-0.05, 0) is 49.1 Å². The molecule has 1 aliphatic rings. The van der Waals surface area contributed by atoms with Gasteiger partial charge in [0.2, 0.25) is 0 Å². The molecule has 0 aromatic heterocycles. The Hall–Kier alpha value is -2.69. The molecule has 1 fully saturated rings. The van der Waals surface area contributed by atoms with E-state index >= 15 is 0 Å². The lowest BCUT2D eigenvalue weighted by atomic mass is 10.0. The number of urea groups is 1. The van der Waals surface area contributed by atoms with Crippen LogP contribution in [0.1, 0.15) is 37.8 Å². The number of benzene rings is 2. The second kappa shape index (κ2) is 8.61. The van der Waals surface area contributed by atoms with Crippen molar-refractivity contribution >= 4 is 11.7 Å². The van der Waals surface area contributed by atoms with Gasteiger partial charge in [0.05, 0.1) is 25.4 Å². The number of nitrogens with zero attached hydrogens (tertiary/aromatic N) is 1. The molecule has 0 spiro atoms. The van der Waals surface area contributed by atoms with Gasteiger partial charge in [-0.15, -0.1) is 0 Å². The van der Waals surface area contributed by atoms with E-state index in [1.807, 2.05) is 53.4 Å². The standard InChI is InChI=1S/C21H26N2O3/c1-3-15-26-20-9-5-4-7-18(20)22-21(24)23-14-6-8-19(23)16-10-12-17(25-2)13-11-16/h4-5,7,9-13,19H,3,6,8,14-15H2,1-2H3,(H,22,24). The summed E-state index contributed by atoms with van der Waals surface area (Å²) < 4.78 is 11.0. The first-order valence-corrected chi connectivity index (χ1v) is 9.16. The highest BCUT2D eigenvalue weighted by Gasteiger charge is 2.30. The van der Waals surface area contributed by atoms with Gasteiger partial charge in [-0.3, -0.25) is 0 Å². The maximum Gasteiger partial charge on any atom is 0.322 e. The maximum absolute atomic E-state index is 12.9. The lowest BCUT2D eigenvalue weighted by molar-refractivity contribution is 0.207. The van der Waals surface area contributed by atoms with E-state index in [1.54, 1.807) is 7.11 Å². The zero-order valence-electron chi connectivity index (χ0n) is 15.4. The molecule has 2 amide bonds. The number of amides is 2. The smallest absolute Gasteiger partial charge is 0.322 e. The normalized spacial score (nSPS) is 16.4. The molecule has 0 aliphatic carbocycles. The van der Waals surface area contributed by atoms with Gasteiger partial charge in [-0.25, -0.2) is 4.79 Å². The second-order valence-corrected chi connectivity index (χ2v) is 6.40. The van der Waals surface area contributed by atoms with Crippen LogP contribution in [-0.4, -0.2) is 31.2 Å². The molecule has 1 heterocycles. The fourth-order valence-corrected chi connectivity index (χ4v) is 3.28. The lowest BCUT2D eigenvalue weighted by Gasteiger charge is -2.26. The molecule has 138 valence electrons. The van der Waals surface area contributed by atoms with Crippen LogP contribution in [0.2, 0.25) is 0 Å². The van der Waals surface area contributed by atoms with E-state index in [9.17, 15) is 4.79 Å². The van der Waals surface area contributed by atoms with Gasteiger partial charge in [-0.2, -0.15) is 0 Å². The van der Waals surface area contributed by atoms with E-state index < -0.39 is 0 Å². The Kier molecular flexibility index (Phi) is 6.00. The summed E-state index contributed by atoms with van der Waals surface area (Å²) in [5.74, 6) is 1.53. The number of carbonyl (C=O) groups excluding carboxylic acids is 1. The van der Waals surface area contributed by atoms with Crippen molar-refractivity contribution in [2.75, 3.05) is 25.6 Å². The van der Waals surface area contributed by atoms with E-state index in [2.05, 4.69) is 12.2 Å². The molecule has 0 radical (unpaired) electrons. The highest BCUT2D eigenvalue weighted by Crippen LogP contribution is 2.34. The van der Waals surface area contributed by atoms with Gasteiger partial charge < -0.3 is 19.7 Å². The fraction of sp³-hybridized carbons (Fsp3) is 0.381. The number of carbonyl (C=O) groups is 1. The van der Waals surface area contributed by atoms with Crippen LogP contribution in [0.15, 0.2) is 48.5 Å². The van der Waals surface area contributed by atoms with Gasteiger partial charge in [0.15, 0.2) is 0 Å². The largest absolute Gasteiger partial charge is 0.497 e. The van der Waals surface area contributed by atoms with Gasteiger partial charge in [0, 0.05) is 6.54 Å². The third kappa shape index (κ3) is 4.10. The molecule has 5 nitrogen and oxygen atoms in total. The average molecular weight is 354 g/mol. The number of rotatable bonds is 6. The Morgan fingerprint density at radius 3 is 2.69 bits per heavy atom. The highest BCUT2D eigenvalue weighted by atomic mass is 16.5. The molecule has 1 aliphatic heterocycles. The number of methoxy groups -OCH3 is 1. The monoisotopic (exact) mass is 354 g/mol. The molecular weight excluding hydrogens is 328 g/mol. The van der Waals surface area contributed by atoms with E-state index in [-0.39, 0.29) is 12.1 Å². The topological polar surface area (TPSA) is 50.8 Å². The van der Waals surface area contributed by atoms with Crippen LogP contribution in [0, 0.1) is 0 Å². The van der Waals surface area contributed by atoms with Crippen LogP contribution < -0.4 is 14.8 Å². The van der Waals surface area contributed by atoms with Gasteiger partial charge in [-0.1, -0.05) is 31.2 Å². The first-order chi connectivity index (χ1) is 12.7. The van der Waals surface area contributed by atoms with Crippen molar-refractivity contribution in [1.82, 2.24) is 4.90 Å². The van der Waals surface area contributed by atoms with E-state index in [1.165, 1.54) is 0 Å². The molecule has 1 unspecified atom stereocenters. The average Bonchev–Trinajstić information content (AvgIpc) is 3.17. The van der Waals surface area contributed by atoms with Crippen molar-refractivity contribution in [1.29, 1.82) is 0 Å². The van der Waals surface area contributed by atoms with Crippen molar-refractivity contribution in [3.05, 3.63) is 54.1 Å². The van der Waals surface area contributed by atoms with E-state index in [0.717, 1.165) is 37.1 Å². The Morgan fingerprint density at radius 1 is 1.19 bits per heavy atom. The summed E-state index contributed by atoms with van der Waals surface area (Å²) in [7, 11) is 1.66. The van der Waals surface area contributed by atoms with Gasteiger partial charge in [0.25, 0.3) is 0 Å². The molecule has 5 heteroatoms. The lowest BCUT2D eigenvalue weighted by Crippen LogP contribution is -2.34. The molecule has 0 saturated carbocycles. The third-order valence-corrected chi connectivity index (χ3v) is 4.60. The van der Waals surface area contributed by atoms with Crippen molar-refractivity contribution in [3.8, 4) is 11.5 Å². The predicted octanol–water partition coefficient (Wildman–Crippen LogP) is 4.85. The molecule has 0 bridgehead atoms. The molecule has 3 rings (SSSR count). The Bertz CT molecular complexity index is 730. The van der Waals surface area contributed by atoms with Gasteiger partial charge >= 0.3 is 6.03 Å². The summed E-state index contributed by atoms with van der Waals surface area (Å²) in [4.78, 5) is 14.8. The molecular formula is C21H26N2O3. The predicted molar refractivity (Wildman–Crippen MR) is 103 cm³/mol. The Balaban J connectivity index is 1.72. The first kappa shape index (κ1) is 18.1. The minimum atomic E-state index is -0.0872. The highest BCUT2D eigenvalue weighted by molar-refractivity contribution is 5.91. The first-order valence-electron chi connectivity index (χ1n) is 9.16. The Labute approximate surface area is 154 Å². The maximum atomic E-state index is 12.9. The van der Waals surface area contributed by atoms with Crippen LogP contribution in [0.4, 0.5) is 10.5 Å². The number of hydrogen-bond donors (Lipinski definition) is 1. The summed E-state index contributed by atoms with van der Waals surface area (Å²) >= 11 is 0. The quantitative estimate of drug-likeness (QED) is 0.806. The number of hydrogen-bond acceptors (Lipinski definition) is 3. The molecule has 2 aromatic rings. The summed E-state index contributed by atoms with van der Waals surface area (Å²) in [5, 5.41) is 3.02. The van der Waals surface area contributed by atoms with Gasteiger partial charge in [0.1, 0.15) is 11.5 Å². The number of anilines is 1. The summed E-state index contributed by atoms with van der Waals surface area (Å²) in [6.45, 7) is 3.44. The Morgan fingerprint density at radius 2 is 1.96 bits per heavy atom. The number of para-hydroxylation sites is 2. The van der Waals surface area contributed by atoms with Crippen molar-refractivity contribution in [2.45, 2.75) is 32.2 Å². The fourth-order valence-electron chi connectivity index (χ4n) is 3.28. The number of ether oxygens (including phenoxy) is 2. The number of likely N-dealkylation sites (tertiary alicyclic amines) is 1. The van der Waals surface area contributed by atoms with Crippen molar-refractivity contribution in [2.24, 2.45) is 0 Å². The summed E-state index contributed by atoms with van der Waals surface area (Å²) in [6.07, 6.45) is 2.89. The van der Waals surface area contributed by atoms with E-state index in [4.69, 9.17) is 9.47 Å². The van der Waals surface area contributed by atoms with Crippen LogP contribution in [-0.2, 0) is 0 Å². The zero-order valence-corrected chi connectivity index (χ0v) is 15.4. The minimum absolute atomic E-state index is 0.0872. The summed E-state index contributed by atoms with van der Waals surface area (Å²) in [6, 6.07) is 15.5. The minimum Gasteiger partial charge on any atom is -0.497 e. The SMILES string of the molecule is CCCOc1ccccc1NC(=O)N1CCCC1c1ccc(OC)cc1. The zero-order chi connectivity index (χ0) is 18.4. The number of nitrogens with one attached hydrogen (secondary N) is 1. The summed E-state index contributed by atoms with van der Waals surface area (Å²) in [5.41, 5.74) is 1.85. The van der Waals surface area contributed by atoms with Crippen LogP contribution in [0.5, 0.6) is 11.5 Å². The van der Waals surface area contributed by atoms with Crippen LogP contribution in [0.25, 0.3) is 0 Å². The van der Waals surface area contributed by atoms with Crippen LogP contribution >= 0.6 is 0 Å². The van der Waals surface area contributed by atoms with Crippen molar-refractivity contribution < 1.29 is 14.3 Å². The third-order valence-electron chi connectivity index (χ3n) is 4.60. The molecule has 1 atom stereocenters.